The van der Waals surface area contributed by atoms with E-state index < -0.39 is 0 Å². The van der Waals surface area contributed by atoms with Crippen LogP contribution < -0.4 is 5.32 Å². The molecule has 1 atom stereocenters. The standard InChI is InChI=1S/C18H40N2O/c1-6-9-10-14-20(17(4)5)15-11-12-18(8-3,16-21)19-13-7-2/h17,19,21H,6-16H2,1-5H3. The predicted molar refractivity (Wildman–Crippen MR) is 93.9 cm³/mol. The van der Waals surface area contributed by atoms with Gasteiger partial charge in [0.05, 0.1) is 6.61 Å². The van der Waals surface area contributed by atoms with Crippen LogP contribution in [0.1, 0.15) is 79.6 Å². The molecule has 0 amide bonds. The Kier molecular flexibility index (Phi) is 12.4. The Hall–Kier alpha value is -0.120. The van der Waals surface area contributed by atoms with Crippen molar-refractivity contribution < 1.29 is 5.11 Å². The molecule has 0 aliphatic rings. The number of rotatable bonds is 14. The fraction of sp³-hybridized carbons (Fsp3) is 1.00. The van der Waals surface area contributed by atoms with Gasteiger partial charge in [0.2, 0.25) is 0 Å². The minimum atomic E-state index is -0.0674. The van der Waals surface area contributed by atoms with Crippen LogP contribution in [0.25, 0.3) is 0 Å². The lowest BCUT2D eigenvalue weighted by Crippen LogP contribution is -2.49. The summed E-state index contributed by atoms with van der Waals surface area (Å²) in [5.74, 6) is 0. The molecule has 128 valence electrons. The molecular weight excluding hydrogens is 260 g/mol. The summed E-state index contributed by atoms with van der Waals surface area (Å²) < 4.78 is 0. The van der Waals surface area contributed by atoms with Crippen molar-refractivity contribution in [3.05, 3.63) is 0 Å². The van der Waals surface area contributed by atoms with Crippen LogP contribution in [0, 0.1) is 0 Å². The summed E-state index contributed by atoms with van der Waals surface area (Å²) in [5, 5.41) is 13.3. The molecule has 0 aliphatic carbocycles. The van der Waals surface area contributed by atoms with Gasteiger partial charge in [0.15, 0.2) is 0 Å². The Morgan fingerprint density at radius 2 is 1.67 bits per heavy atom. The van der Waals surface area contributed by atoms with Crippen molar-refractivity contribution in [3.8, 4) is 0 Å². The van der Waals surface area contributed by atoms with E-state index in [0.29, 0.717) is 6.04 Å². The van der Waals surface area contributed by atoms with Crippen molar-refractivity contribution in [2.45, 2.75) is 91.1 Å². The maximum atomic E-state index is 9.77. The summed E-state index contributed by atoms with van der Waals surface area (Å²) in [6.07, 6.45) is 8.28. The smallest absolute Gasteiger partial charge is 0.0613 e. The molecule has 0 aromatic carbocycles. The Balaban J connectivity index is 4.24. The van der Waals surface area contributed by atoms with Gasteiger partial charge in [-0.15, -0.1) is 0 Å². The highest BCUT2D eigenvalue weighted by Crippen LogP contribution is 2.18. The summed E-state index contributed by atoms with van der Waals surface area (Å²) in [7, 11) is 0. The van der Waals surface area contributed by atoms with E-state index in [0.717, 1.165) is 38.8 Å². The molecule has 0 heterocycles. The lowest BCUT2D eigenvalue weighted by Gasteiger charge is -2.34. The predicted octanol–water partition coefficient (Wildman–Crippen LogP) is 3.81. The van der Waals surface area contributed by atoms with Crippen molar-refractivity contribution in [3.63, 3.8) is 0 Å². The molecule has 0 fully saturated rings. The van der Waals surface area contributed by atoms with Crippen LogP contribution >= 0.6 is 0 Å². The highest BCUT2D eigenvalue weighted by Gasteiger charge is 2.26. The van der Waals surface area contributed by atoms with E-state index in [1.807, 2.05) is 0 Å². The summed E-state index contributed by atoms with van der Waals surface area (Å²) in [6.45, 7) is 14.8. The Bertz CT molecular complexity index is 227. The van der Waals surface area contributed by atoms with Crippen molar-refractivity contribution in [1.29, 1.82) is 0 Å². The maximum Gasteiger partial charge on any atom is 0.0613 e. The molecule has 2 N–H and O–H groups in total. The van der Waals surface area contributed by atoms with E-state index in [-0.39, 0.29) is 12.1 Å². The van der Waals surface area contributed by atoms with Crippen LogP contribution in [0.4, 0.5) is 0 Å². The van der Waals surface area contributed by atoms with Crippen LogP contribution in [-0.4, -0.2) is 47.8 Å². The lowest BCUT2D eigenvalue weighted by molar-refractivity contribution is 0.134. The van der Waals surface area contributed by atoms with Crippen molar-refractivity contribution in [1.82, 2.24) is 10.2 Å². The number of aliphatic hydroxyl groups excluding tert-OH is 1. The molecule has 0 rings (SSSR count). The fourth-order valence-electron chi connectivity index (χ4n) is 2.84. The maximum absolute atomic E-state index is 9.77. The first-order valence-corrected chi connectivity index (χ1v) is 9.15. The third-order valence-corrected chi connectivity index (χ3v) is 4.61. The molecule has 1 unspecified atom stereocenters. The van der Waals surface area contributed by atoms with Gasteiger partial charge >= 0.3 is 0 Å². The summed E-state index contributed by atoms with van der Waals surface area (Å²) >= 11 is 0. The zero-order chi connectivity index (χ0) is 16.1. The second kappa shape index (κ2) is 12.4. The Labute approximate surface area is 133 Å². The first-order chi connectivity index (χ1) is 10.0. The summed E-state index contributed by atoms with van der Waals surface area (Å²) in [6, 6.07) is 0.621. The first-order valence-electron chi connectivity index (χ1n) is 9.15. The van der Waals surface area contributed by atoms with Crippen molar-refractivity contribution in [2.24, 2.45) is 0 Å². The number of nitrogens with zero attached hydrogens (tertiary/aromatic N) is 1. The minimum Gasteiger partial charge on any atom is -0.394 e. The monoisotopic (exact) mass is 300 g/mol. The normalized spacial score (nSPS) is 14.9. The number of aliphatic hydroxyl groups is 1. The zero-order valence-electron chi connectivity index (χ0n) is 15.2. The van der Waals surface area contributed by atoms with Crippen LogP contribution in [0.3, 0.4) is 0 Å². The molecule has 21 heavy (non-hydrogen) atoms. The van der Waals surface area contributed by atoms with Gasteiger partial charge in [-0.3, -0.25) is 0 Å². The third kappa shape index (κ3) is 8.80. The molecule has 3 heteroatoms. The van der Waals surface area contributed by atoms with E-state index in [1.54, 1.807) is 0 Å². The van der Waals surface area contributed by atoms with Crippen molar-refractivity contribution >= 4 is 0 Å². The zero-order valence-corrected chi connectivity index (χ0v) is 15.2. The summed E-state index contributed by atoms with van der Waals surface area (Å²) in [5.41, 5.74) is -0.0674. The van der Waals surface area contributed by atoms with Gasteiger partial charge in [-0.05, 0) is 65.6 Å². The molecule has 0 aromatic heterocycles. The molecule has 3 nitrogen and oxygen atoms in total. The van der Waals surface area contributed by atoms with E-state index in [2.05, 4.69) is 44.8 Å². The molecule has 0 aromatic rings. The molecule has 0 spiro atoms. The fourth-order valence-corrected chi connectivity index (χ4v) is 2.84. The molecule has 0 bridgehead atoms. The van der Waals surface area contributed by atoms with Crippen LogP contribution in [0.5, 0.6) is 0 Å². The van der Waals surface area contributed by atoms with Crippen LogP contribution in [0.2, 0.25) is 0 Å². The average Bonchev–Trinajstić information content (AvgIpc) is 2.49. The number of hydrogen-bond donors (Lipinski definition) is 2. The Morgan fingerprint density at radius 1 is 1.00 bits per heavy atom. The van der Waals surface area contributed by atoms with Crippen LogP contribution in [0.15, 0.2) is 0 Å². The van der Waals surface area contributed by atoms with E-state index in [4.69, 9.17) is 0 Å². The number of hydrogen-bond acceptors (Lipinski definition) is 3. The molecule has 0 saturated carbocycles. The molecule has 0 aliphatic heterocycles. The minimum absolute atomic E-state index is 0.0674. The van der Waals surface area contributed by atoms with Gasteiger partial charge < -0.3 is 15.3 Å². The second-order valence-electron chi connectivity index (χ2n) is 6.66. The lowest BCUT2D eigenvalue weighted by atomic mass is 9.90. The SMILES string of the molecule is CCCCCN(CCCC(CC)(CO)NCCC)C(C)C. The average molecular weight is 301 g/mol. The molecule has 0 radical (unpaired) electrons. The van der Waals surface area contributed by atoms with Gasteiger partial charge in [-0.1, -0.05) is 33.6 Å². The van der Waals surface area contributed by atoms with E-state index >= 15 is 0 Å². The van der Waals surface area contributed by atoms with Gasteiger partial charge in [0, 0.05) is 11.6 Å². The largest absolute Gasteiger partial charge is 0.394 e. The second-order valence-corrected chi connectivity index (χ2v) is 6.66. The number of nitrogens with one attached hydrogen (secondary N) is 1. The van der Waals surface area contributed by atoms with E-state index in [1.165, 1.54) is 25.8 Å². The topological polar surface area (TPSA) is 35.5 Å². The van der Waals surface area contributed by atoms with Crippen molar-refractivity contribution in [2.75, 3.05) is 26.2 Å². The highest BCUT2D eigenvalue weighted by molar-refractivity contribution is 4.86. The highest BCUT2D eigenvalue weighted by atomic mass is 16.3. The molecule has 0 saturated heterocycles. The molecular formula is C18H40N2O. The van der Waals surface area contributed by atoms with E-state index in [9.17, 15) is 5.11 Å². The Morgan fingerprint density at radius 3 is 2.14 bits per heavy atom. The van der Waals surface area contributed by atoms with Gasteiger partial charge in [0.25, 0.3) is 0 Å². The third-order valence-electron chi connectivity index (χ3n) is 4.61. The van der Waals surface area contributed by atoms with Gasteiger partial charge in [-0.25, -0.2) is 0 Å². The number of unbranched alkanes of at least 4 members (excludes halogenated alkanes) is 2. The quantitative estimate of drug-likeness (QED) is 0.479. The first kappa shape index (κ1) is 20.9. The van der Waals surface area contributed by atoms with Crippen LogP contribution in [-0.2, 0) is 0 Å². The van der Waals surface area contributed by atoms with Gasteiger partial charge in [-0.2, -0.15) is 0 Å². The van der Waals surface area contributed by atoms with Gasteiger partial charge in [0.1, 0.15) is 0 Å². The summed E-state index contributed by atoms with van der Waals surface area (Å²) in [4.78, 5) is 2.59.